The Balaban J connectivity index is 1.53. The summed E-state index contributed by atoms with van der Waals surface area (Å²) in [5.74, 6) is 0. The van der Waals surface area contributed by atoms with E-state index in [9.17, 15) is 0 Å². The maximum absolute atomic E-state index is 2.28. The molecule has 0 heterocycles. The average molecular weight is 284 g/mol. The van der Waals surface area contributed by atoms with Crippen LogP contribution in [0.5, 0.6) is 0 Å². The quantitative estimate of drug-likeness (QED) is 0.673. The summed E-state index contributed by atoms with van der Waals surface area (Å²) >= 11 is 0. The third kappa shape index (κ3) is 2.46. The van der Waals surface area contributed by atoms with Crippen molar-refractivity contribution in [2.24, 2.45) is 0 Å². The van der Waals surface area contributed by atoms with E-state index in [1.807, 2.05) is 0 Å². The topological polar surface area (TPSA) is 0 Å². The Morgan fingerprint density at radius 3 is 1.50 bits per heavy atom. The van der Waals surface area contributed by atoms with Gasteiger partial charge in [-0.3, -0.25) is 0 Å². The van der Waals surface area contributed by atoms with E-state index in [2.05, 4.69) is 72.8 Å². The highest BCUT2D eigenvalue weighted by molar-refractivity contribution is 5.75. The first-order valence-electron chi connectivity index (χ1n) is 8.15. The summed E-state index contributed by atoms with van der Waals surface area (Å²) in [4.78, 5) is 0. The highest BCUT2D eigenvalue weighted by Crippen LogP contribution is 2.33. The summed E-state index contributed by atoms with van der Waals surface area (Å²) < 4.78 is 0. The SMILES string of the molecule is C(=C\C=C1/CCc2ccccc21)/C=C1\CCc2ccccc21. The van der Waals surface area contributed by atoms with Gasteiger partial charge in [-0.2, -0.15) is 0 Å². The molecule has 0 unspecified atom stereocenters. The average Bonchev–Trinajstić information content (AvgIpc) is 3.16. The molecule has 0 aliphatic heterocycles. The second-order valence-corrected chi connectivity index (χ2v) is 6.08. The summed E-state index contributed by atoms with van der Waals surface area (Å²) in [6.45, 7) is 0. The van der Waals surface area contributed by atoms with Crippen molar-refractivity contribution >= 4 is 11.1 Å². The minimum Gasteiger partial charge on any atom is -0.0620 e. The van der Waals surface area contributed by atoms with Gasteiger partial charge in [0.2, 0.25) is 0 Å². The van der Waals surface area contributed by atoms with Crippen molar-refractivity contribution in [1.29, 1.82) is 0 Å². The van der Waals surface area contributed by atoms with Crippen LogP contribution in [0, 0.1) is 0 Å². The van der Waals surface area contributed by atoms with E-state index in [1.54, 1.807) is 0 Å². The van der Waals surface area contributed by atoms with Gasteiger partial charge in [-0.25, -0.2) is 0 Å². The molecule has 0 bridgehead atoms. The fourth-order valence-electron chi connectivity index (χ4n) is 3.60. The molecule has 2 aromatic carbocycles. The Labute approximate surface area is 132 Å². The Morgan fingerprint density at radius 1 is 0.545 bits per heavy atom. The molecule has 0 spiro atoms. The second kappa shape index (κ2) is 5.81. The summed E-state index contributed by atoms with van der Waals surface area (Å²) in [5, 5.41) is 0. The Hall–Kier alpha value is -2.34. The Morgan fingerprint density at radius 2 is 1.00 bits per heavy atom. The lowest BCUT2D eigenvalue weighted by molar-refractivity contribution is 1.08. The first-order chi connectivity index (χ1) is 10.9. The van der Waals surface area contributed by atoms with Crippen molar-refractivity contribution in [3.63, 3.8) is 0 Å². The van der Waals surface area contributed by atoms with Gasteiger partial charge in [-0.15, -0.1) is 0 Å². The molecule has 0 saturated heterocycles. The van der Waals surface area contributed by atoms with Crippen LogP contribution in [0.25, 0.3) is 11.1 Å². The van der Waals surface area contributed by atoms with Gasteiger partial charge in [-0.05, 0) is 59.1 Å². The zero-order valence-electron chi connectivity index (χ0n) is 12.8. The van der Waals surface area contributed by atoms with Gasteiger partial charge in [0.1, 0.15) is 0 Å². The van der Waals surface area contributed by atoms with Gasteiger partial charge in [0, 0.05) is 0 Å². The molecule has 0 atom stereocenters. The zero-order valence-corrected chi connectivity index (χ0v) is 12.8. The molecule has 0 heteroatoms. The smallest absolute Gasteiger partial charge is 0.0192 e. The van der Waals surface area contributed by atoms with E-state index in [-0.39, 0.29) is 0 Å². The number of allylic oxidation sites excluding steroid dienone is 6. The van der Waals surface area contributed by atoms with Crippen molar-refractivity contribution in [2.45, 2.75) is 25.7 Å². The monoisotopic (exact) mass is 284 g/mol. The molecule has 2 aliphatic carbocycles. The molecule has 0 amide bonds. The number of aryl methyl sites for hydroxylation is 2. The molecule has 0 aromatic heterocycles. The molecule has 0 fully saturated rings. The summed E-state index contributed by atoms with van der Waals surface area (Å²) in [6.07, 6.45) is 13.7. The van der Waals surface area contributed by atoms with Crippen LogP contribution < -0.4 is 0 Å². The van der Waals surface area contributed by atoms with Gasteiger partial charge >= 0.3 is 0 Å². The molecule has 0 radical (unpaired) electrons. The van der Waals surface area contributed by atoms with Gasteiger partial charge in [0.05, 0.1) is 0 Å². The molecule has 2 aliphatic rings. The molecular weight excluding hydrogens is 264 g/mol. The predicted molar refractivity (Wildman–Crippen MR) is 94.6 cm³/mol. The second-order valence-electron chi connectivity index (χ2n) is 6.08. The molecule has 0 N–H and O–H groups in total. The molecular formula is C22H20. The standard InChI is InChI=1S/C22H20/c1(7-17-13-15-19-9-3-5-11-21(17)19)2-8-18-14-16-20-10-4-6-12-22(18)20/h1-12H,13-16H2/b2-1+,17-7+,18-8+. The third-order valence-corrected chi connectivity index (χ3v) is 4.76. The zero-order chi connectivity index (χ0) is 14.8. The first kappa shape index (κ1) is 13.3. The molecule has 108 valence electrons. The Bertz CT molecular complexity index is 720. The number of benzene rings is 2. The Kier molecular flexibility index (Phi) is 3.52. The van der Waals surface area contributed by atoms with Crippen LogP contribution in [0.15, 0.2) is 72.8 Å². The first-order valence-corrected chi connectivity index (χ1v) is 8.15. The van der Waals surface area contributed by atoms with Crippen LogP contribution in [-0.4, -0.2) is 0 Å². The van der Waals surface area contributed by atoms with Crippen molar-refractivity contribution in [3.8, 4) is 0 Å². The van der Waals surface area contributed by atoms with Crippen LogP contribution in [0.2, 0.25) is 0 Å². The fraction of sp³-hybridized carbons (Fsp3) is 0.182. The predicted octanol–water partition coefficient (Wildman–Crippen LogP) is 5.60. The summed E-state index contributed by atoms with van der Waals surface area (Å²) in [5.41, 5.74) is 8.79. The van der Waals surface area contributed by atoms with Gasteiger partial charge in [-0.1, -0.05) is 72.8 Å². The molecule has 0 saturated carbocycles. The van der Waals surface area contributed by atoms with Gasteiger partial charge in [0.15, 0.2) is 0 Å². The summed E-state index contributed by atoms with van der Waals surface area (Å²) in [6, 6.07) is 17.5. The molecule has 0 nitrogen and oxygen atoms in total. The van der Waals surface area contributed by atoms with E-state index in [4.69, 9.17) is 0 Å². The number of hydrogen-bond acceptors (Lipinski definition) is 0. The molecule has 22 heavy (non-hydrogen) atoms. The number of hydrogen-bond donors (Lipinski definition) is 0. The third-order valence-electron chi connectivity index (χ3n) is 4.76. The maximum atomic E-state index is 2.28. The minimum atomic E-state index is 1.17. The lowest BCUT2D eigenvalue weighted by Gasteiger charge is -1.99. The van der Waals surface area contributed by atoms with Crippen molar-refractivity contribution in [3.05, 3.63) is 95.1 Å². The lowest BCUT2D eigenvalue weighted by Crippen LogP contribution is -1.78. The highest BCUT2D eigenvalue weighted by Gasteiger charge is 2.14. The largest absolute Gasteiger partial charge is 0.0620 e. The van der Waals surface area contributed by atoms with E-state index in [0.717, 1.165) is 0 Å². The van der Waals surface area contributed by atoms with Crippen LogP contribution in [0.4, 0.5) is 0 Å². The maximum Gasteiger partial charge on any atom is -0.0192 e. The van der Waals surface area contributed by atoms with Crippen molar-refractivity contribution < 1.29 is 0 Å². The highest BCUT2D eigenvalue weighted by atomic mass is 14.2. The fourth-order valence-corrected chi connectivity index (χ4v) is 3.60. The van der Waals surface area contributed by atoms with Gasteiger partial charge in [0.25, 0.3) is 0 Å². The van der Waals surface area contributed by atoms with E-state index in [0.29, 0.717) is 0 Å². The van der Waals surface area contributed by atoms with Crippen LogP contribution in [0.1, 0.15) is 35.1 Å². The van der Waals surface area contributed by atoms with Gasteiger partial charge < -0.3 is 0 Å². The minimum absolute atomic E-state index is 1.17. The van der Waals surface area contributed by atoms with E-state index >= 15 is 0 Å². The normalized spacial score (nSPS) is 20.0. The lowest BCUT2D eigenvalue weighted by atomic mass is 10.1. The van der Waals surface area contributed by atoms with Crippen LogP contribution >= 0.6 is 0 Å². The number of rotatable bonds is 2. The molecule has 2 aromatic rings. The number of fused-ring (bicyclic) bond motifs is 2. The van der Waals surface area contributed by atoms with E-state index < -0.39 is 0 Å². The van der Waals surface area contributed by atoms with Crippen LogP contribution in [0.3, 0.4) is 0 Å². The molecule has 4 rings (SSSR count). The van der Waals surface area contributed by atoms with Crippen molar-refractivity contribution in [1.82, 2.24) is 0 Å². The van der Waals surface area contributed by atoms with Crippen molar-refractivity contribution in [2.75, 3.05) is 0 Å². The summed E-state index contributed by atoms with van der Waals surface area (Å²) in [7, 11) is 0. The van der Waals surface area contributed by atoms with Crippen LogP contribution in [-0.2, 0) is 12.8 Å². The van der Waals surface area contributed by atoms with E-state index in [1.165, 1.54) is 59.1 Å².